The molecule has 368 valence electrons. The molecule has 0 bridgehead atoms. The maximum atomic E-state index is 12.8. The van der Waals surface area contributed by atoms with Crippen LogP contribution in [0.3, 0.4) is 0 Å². The lowest BCUT2D eigenvalue weighted by molar-refractivity contribution is -0.167. The van der Waals surface area contributed by atoms with Crippen LogP contribution in [0, 0.1) is 11.8 Å². The summed E-state index contributed by atoms with van der Waals surface area (Å²) >= 11 is 0. The Morgan fingerprint density at radius 2 is 0.613 bits per heavy atom. The molecule has 0 saturated heterocycles. The van der Waals surface area contributed by atoms with Crippen LogP contribution in [-0.4, -0.2) is 37.2 Å². The number of carbonyl (C=O) groups is 3. The average molecular weight is 877 g/mol. The maximum absolute atomic E-state index is 12.8. The molecule has 0 aliphatic carbocycles. The minimum atomic E-state index is -0.762. The van der Waals surface area contributed by atoms with Crippen LogP contribution in [0.15, 0.2) is 0 Å². The first-order valence-corrected chi connectivity index (χ1v) is 27.8. The summed E-state index contributed by atoms with van der Waals surface area (Å²) in [4.78, 5) is 38.0. The van der Waals surface area contributed by atoms with Crippen LogP contribution in [0.5, 0.6) is 0 Å². The summed E-state index contributed by atoms with van der Waals surface area (Å²) in [7, 11) is 0. The molecule has 0 fully saturated rings. The molecule has 6 nitrogen and oxygen atoms in total. The molecular weight excluding hydrogens is 769 g/mol. The number of ether oxygens (including phenoxy) is 3. The second-order valence-corrected chi connectivity index (χ2v) is 19.9. The van der Waals surface area contributed by atoms with Crippen molar-refractivity contribution in [2.75, 3.05) is 13.2 Å². The molecule has 0 saturated carbocycles. The van der Waals surface area contributed by atoms with Gasteiger partial charge in [-0.2, -0.15) is 0 Å². The number of hydrogen-bond acceptors (Lipinski definition) is 6. The van der Waals surface area contributed by atoms with Crippen molar-refractivity contribution in [3.8, 4) is 0 Å². The van der Waals surface area contributed by atoms with Gasteiger partial charge >= 0.3 is 17.9 Å². The fourth-order valence-electron chi connectivity index (χ4n) is 8.49. The summed E-state index contributed by atoms with van der Waals surface area (Å²) < 4.78 is 16.8. The van der Waals surface area contributed by atoms with Crippen LogP contribution in [-0.2, 0) is 28.6 Å². The van der Waals surface area contributed by atoms with Crippen LogP contribution >= 0.6 is 0 Å². The molecule has 0 aromatic carbocycles. The number of esters is 3. The van der Waals surface area contributed by atoms with Gasteiger partial charge in [-0.3, -0.25) is 14.4 Å². The van der Waals surface area contributed by atoms with Crippen LogP contribution in [0.1, 0.15) is 311 Å². The lowest BCUT2D eigenvalue weighted by Gasteiger charge is -2.18. The fourth-order valence-corrected chi connectivity index (χ4v) is 8.49. The minimum absolute atomic E-state index is 0.0637. The highest BCUT2D eigenvalue weighted by atomic mass is 16.6. The zero-order valence-electron chi connectivity index (χ0n) is 42.5. The first-order chi connectivity index (χ1) is 30.3. The molecule has 0 rings (SSSR count). The van der Waals surface area contributed by atoms with Gasteiger partial charge in [0.15, 0.2) is 6.10 Å². The molecule has 0 heterocycles. The van der Waals surface area contributed by atoms with Crippen molar-refractivity contribution in [1.29, 1.82) is 0 Å². The number of hydrogen-bond donors (Lipinski definition) is 0. The van der Waals surface area contributed by atoms with Gasteiger partial charge in [-0.1, -0.05) is 272 Å². The van der Waals surface area contributed by atoms with Crippen LogP contribution in [0.2, 0.25) is 0 Å². The predicted octanol–water partition coefficient (Wildman–Crippen LogP) is 18.1. The molecule has 2 atom stereocenters. The second-order valence-electron chi connectivity index (χ2n) is 19.9. The van der Waals surface area contributed by atoms with Crippen molar-refractivity contribution in [1.82, 2.24) is 0 Å². The summed E-state index contributed by atoms with van der Waals surface area (Å²) in [5.74, 6) is 0.817. The number of unbranched alkanes of at least 4 members (excludes halogenated alkanes) is 34. The van der Waals surface area contributed by atoms with E-state index >= 15 is 0 Å². The van der Waals surface area contributed by atoms with Gasteiger partial charge in [0, 0.05) is 19.3 Å². The largest absolute Gasteiger partial charge is 0.462 e. The van der Waals surface area contributed by atoms with E-state index < -0.39 is 6.10 Å². The topological polar surface area (TPSA) is 78.9 Å². The molecule has 1 unspecified atom stereocenters. The Morgan fingerprint density at radius 1 is 0.339 bits per heavy atom. The van der Waals surface area contributed by atoms with E-state index in [1.54, 1.807) is 0 Å². The zero-order chi connectivity index (χ0) is 45.4. The third-order valence-electron chi connectivity index (χ3n) is 13.1. The van der Waals surface area contributed by atoms with E-state index in [1.807, 2.05) is 0 Å². The zero-order valence-corrected chi connectivity index (χ0v) is 42.5. The molecule has 0 aliphatic rings. The van der Waals surface area contributed by atoms with Crippen molar-refractivity contribution in [2.24, 2.45) is 11.8 Å². The number of carbonyl (C=O) groups excluding carboxylic acids is 3. The maximum Gasteiger partial charge on any atom is 0.306 e. The second kappa shape index (κ2) is 48.9. The van der Waals surface area contributed by atoms with E-state index in [0.29, 0.717) is 19.3 Å². The normalized spacial score (nSPS) is 12.5. The van der Waals surface area contributed by atoms with E-state index in [9.17, 15) is 14.4 Å². The van der Waals surface area contributed by atoms with Crippen molar-refractivity contribution in [3.05, 3.63) is 0 Å². The van der Waals surface area contributed by atoms with Crippen LogP contribution in [0.25, 0.3) is 0 Å². The van der Waals surface area contributed by atoms with E-state index in [2.05, 4.69) is 34.6 Å². The first-order valence-electron chi connectivity index (χ1n) is 27.8. The molecule has 0 radical (unpaired) electrons. The molecule has 0 N–H and O–H groups in total. The Bertz CT molecular complexity index is 949. The third kappa shape index (κ3) is 47.9. The Labute approximate surface area is 387 Å². The summed E-state index contributed by atoms with van der Waals surface area (Å²) in [6.07, 6.45) is 50.9. The Balaban J connectivity index is 4.26. The summed E-state index contributed by atoms with van der Waals surface area (Å²) in [5, 5.41) is 0. The van der Waals surface area contributed by atoms with E-state index in [1.165, 1.54) is 199 Å². The average Bonchev–Trinajstić information content (AvgIpc) is 3.26. The SMILES string of the molecule is CCCCCCCCCCCCCCCCCCC(=O)O[C@@H](COC(=O)CCCCCCCCCCCCCCCCCC(C)C)COC(=O)CCCCCCCCC(C)CC. The molecule has 0 aromatic rings. The van der Waals surface area contributed by atoms with Crippen molar-refractivity contribution in [3.63, 3.8) is 0 Å². The van der Waals surface area contributed by atoms with Gasteiger partial charge in [0.2, 0.25) is 0 Å². The lowest BCUT2D eigenvalue weighted by Crippen LogP contribution is -2.30. The number of rotatable bonds is 50. The van der Waals surface area contributed by atoms with Crippen molar-refractivity contribution in [2.45, 2.75) is 317 Å². The van der Waals surface area contributed by atoms with Gasteiger partial charge in [-0.15, -0.1) is 0 Å². The molecule has 62 heavy (non-hydrogen) atoms. The predicted molar refractivity (Wildman–Crippen MR) is 266 cm³/mol. The Morgan fingerprint density at radius 3 is 0.919 bits per heavy atom. The highest BCUT2D eigenvalue weighted by molar-refractivity contribution is 5.71. The molecular formula is C56H108O6. The van der Waals surface area contributed by atoms with Gasteiger partial charge in [-0.05, 0) is 31.1 Å². The van der Waals surface area contributed by atoms with Gasteiger partial charge in [0.1, 0.15) is 13.2 Å². The minimum Gasteiger partial charge on any atom is -0.462 e. The first kappa shape index (κ1) is 60.4. The summed E-state index contributed by atoms with van der Waals surface area (Å²) in [5.41, 5.74) is 0. The Hall–Kier alpha value is -1.59. The summed E-state index contributed by atoms with van der Waals surface area (Å²) in [6.45, 7) is 11.4. The molecule has 0 amide bonds. The van der Waals surface area contributed by atoms with E-state index in [4.69, 9.17) is 14.2 Å². The molecule has 0 aliphatic heterocycles. The van der Waals surface area contributed by atoms with Gasteiger partial charge in [0.25, 0.3) is 0 Å². The Kier molecular flexibility index (Phi) is 47.6. The highest BCUT2D eigenvalue weighted by Crippen LogP contribution is 2.18. The van der Waals surface area contributed by atoms with E-state index in [0.717, 1.165) is 69.6 Å². The monoisotopic (exact) mass is 877 g/mol. The van der Waals surface area contributed by atoms with Gasteiger partial charge in [0.05, 0.1) is 0 Å². The highest BCUT2D eigenvalue weighted by Gasteiger charge is 2.19. The van der Waals surface area contributed by atoms with Crippen LogP contribution < -0.4 is 0 Å². The van der Waals surface area contributed by atoms with Gasteiger partial charge < -0.3 is 14.2 Å². The quantitative estimate of drug-likeness (QED) is 0.0344. The van der Waals surface area contributed by atoms with Gasteiger partial charge in [-0.25, -0.2) is 0 Å². The smallest absolute Gasteiger partial charge is 0.306 e. The van der Waals surface area contributed by atoms with E-state index in [-0.39, 0.29) is 31.1 Å². The standard InChI is InChI=1S/C56H108O6/c1-6-8-9-10-11-12-13-14-15-18-22-25-28-31-38-43-48-56(59)62-53(50-61-55(58)47-42-37-33-32-35-40-45-52(5)7-2)49-60-54(57)46-41-36-30-27-24-21-19-16-17-20-23-26-29-34-39-44-51(3)4/h51-53H,6-50H2,1-5H3/t52?,53-/m0/s1. The molecule has 0 aromatic heterocycles. The third-order valence-corrected chi connectivity index (χ3v) is 13.1. The molecule has 0 spiro atoms. The molecule has 6 heteroatoms. The van der Waals surface area contributed by atoms with Crippen LogP contribution in [0.4, 0.5) is 0 Å². The lowest BCUT2D eigenvalue weighted by atomic mass is 10.00. The van der Waals surface area contributed by atoms with Crippen molar-refractivity contribution < 1.29 is 28.6 Å². The summed E-state index contributed by atoms with van der Waals surface area (Å²) in [6, 6.07) is 0. The van der Waals surface area contributed by atoms with Crippen molar-refractivity contribution >= 4 is 17.9 Å². The fraction of sp³-hybridized carbons (Fsp3) is 0.946.